The molecule has 0 aliphatic carbocycles. The van der Waals surface area contributed by atoms with Crippen LogP contribution in [0, 0.1) is 0 Å². The molecule has 0 radical (unpaired) electrons. The average molecular weight is 317 g/mol. The first-order valence-corrected chi connectivity index (χ1v) is 9.03. The maximum Gasteiger partial charge on any atom is 0.317 e. The molecule has 5 heteroatoms. The minimum atomic E-state index is 0.0589. The molecule has 22 heavy (non-hydrogen) atoms. The third kappa shape index (κ3) is 3.65. The lowest BCUT2D eigenvalue weighted by atomic mass is 10.2. The fourth-order valence-corrected chi connectivity index (χ4v) is 3.46. The molecule has 0 aromatic heterocycles. The molecule has 1 aromatic rings. The molecule has 2 heterocycles. The lowest BCUT2D eigenvalue weighted by molar-refractivity contribution is 0.199. The summed E-state index contributed by atoms with van der Waals surface area (Å²) in [6.07, 6.45) is 7.57. The summed E-state index contributed by atoms with van der Waals surface area (Å²) in [6, 6.07) is 8.92. The monoisotopic (exact) mass is 317 g/mol. The van der Waals surface area contributed by atoms with Crippen LogP contribution < -0.4 is 5.32 Å². The van der Waals surface area contributed by atoms with Gasteiger partial charge in [-0.3, -0.25) is 4.90 Å². The molecule has 0 spiro atoms. The maximum absolute atomic E-state index is 12.3. The first-order valence-electron chi connectivity index (χ1n) is 7.81. The zero-order chi connectivity index (χ0) is 15.4. The van der Waals surface area contributed by atoms with Gasteiger partial charge in [0.2, 0.25) is 0 Å². The molecular weight excluding hydrogens is 294 g/mol. The second kappa shape index (κ2) is 7.20. The second-order valence-electron chi connectivity index (χ2n) is 5.82. The summed E-state index contributed by atoms with van der Waals surface area (Å²) in [5, 5.41) is 3.04. The Hall–Kier alpha value is -1.46. The standard InChI is InChI=1S/C17H23N3OS/c1-22-16-6-4-14(5-7-16)12-18-17(21)20-11-8-15(13-20)19-9-2-3-10-19/h2-7,15H,8-13H2,1H3,(H,18,21). The van der Waals surface area contributed by atoms with Crippen molar-refractivity contribution in [2.45, 2.75) is 23.9 Å². The van der Waals surface area contributed by atoms with E-state index in [2.05, 4.69) is 52.9 Å². The third-order valence-electron chi connectivity index (χ3n) is 4.42. The summed E-state index contributed by atoms with van der Waals surface area (Å²) in [7, 11) is 0. The van der Waals surface area contributed by atoms with Gasteiger partial charge >= 0.3 is 6.03 Å². The Kier molecular flexibility index (Phi) is 5.05. The van der Waals surface area contributed by atoms with E-state index in [1.165, 1.54) is 4.90 Å². The van der Waals surface area contributed by atoms with Crippen molar-refractivity contribution in [1.29, 1.82) is 0 Å². The van der Waals surface area contributed by atoms with E-state index in [-0.39, 0.29) is 6.03 Å². The van der Waals surface area contributed by atoms with Gasteiger partial charge in [0.05, 0.1) is 0 Å². The number of carbonyl (C=O) groups excluding carboxylic acids is 1. The van der Waals surface area contributed by atoms with Crippen molar-refractivity contribution in [2.24, 2.45) is 0 Å². The first kappa shape index (κ1) is 15.4. The number of benzene rings is 1. The molecule has 0 saturated carbocycles. The van der Waals surface area contributed by atoms with E-state index in [0.29, 0.717) is 12.6 Å². The molecule has 0 bridgehead atoms. The van der Waals surface area contributed by atoms with Crippen LogP contribution in [-0.2, 0) is 6.54 Å². The van der Waals surface area contributed by atoms with Crippen LogP contribution >= 0.6 is 11.8 Å². The number of amides is 2. The molecule has 1 fully saturated rings. The normalized spacial score (nSPS) is 21.5. The number of carbonyl (C=O) groups is 1. The van der Waals surface area contributed by atoms with Gasteiger partial charge in [0.25, 0.3) is 0 Å². The van der Waals surface area contributed by atoms with Crippen molar-refractivity contribution in [3.8, 4) is 0 Å². The van der Waals surface area contributed by atoms with Crippen LogP contribution in [-0.4, -0.2) is 54.3 Å². The number of nitrogens with zero attached hydrogens (tertiary/aromatic N) is 2. The van der Waals surface area contributed by atoms with Gasteiger partial charge in [0.15, 0.2) is 0 Å². The van der Waals surface area contributed by atoms with E-state index in [9.17, 15) is 4.79 Å². The van der Waals surface area contributed by atoms with Crippen LogP contribution in [0.25, 0.3) is 0 Å². The Bertz CT molecular complexity index is 535. The summed E-state index contributed by atoms with van der Waals surface area (Å²) < 4.78 is 0. The van der Waals surface area contributed by atoms with E-state index in [4.69, 9.17) is 0 Å². The molecule has 2 aliphatic rings. The minimum Gasteiger partial charge on any atom is -0.334 e. The van der Waals surface area contributed by atoms with Gasteiger partial charge in [-0.15, -0.1) is 11.8 Å². The Morgan fingerprint density at radius 1 is 1.27 bits per heavy atom. The first-order chi connectivity index (χ1) is 10.8. The van der Waals surface area contributed by atoms with Gasteiger partial charge in [-0.1, -0.05) is 24.3 Å². The van der Waals surface area contributed by atoms with Crippen LogP contribution in [0.3, 0.4) is 0 Å². The number of likely N-dealkylation sites (tertiary alicyclic amines) is 1. The minimum absolute atomic E-state index is 0.0589. The molecule has 2 amide bonds. The molecule has 1 atom stereocenters. The lowest BCUT2D eigenvalue weighted by Gasteiger charge is -2.23. The van der Waals surface area contributed by atoms with Crippen molar-refractivity contribution >= 4 is 17.8 Å². The average Bonchev–Trinajstić information content (AvgIpc) is 3.23. The molecule has 4 nitrogen and oxygen atoms in total. The van der Waals surface area contributed by atoms with Crippen molar-refractivity contribution in [2.75, 3.05) is 32.4 Å². The van der Waals surface area contributed by atoms with Crippen LogP contribution in [0.2, 0.25) is 0 Å². The summed E-state index contributed by atoms with van der Waals surface area (Å²) in [5.41, 5.74) is 1.14. The van der Waals surface area contributed by atoms with Gasteiger partial charge in [-0.05, 0) is 30.4 Å². The van der Waals surface area contributed by atoms with Gasteiger partial charge in [-0.2, -0.15) is 0 Å². The zero-order valence-corrected chi connectivity index (χ0v) is 13.8. The molecule has 118 valence electrons. The van der Waals surface area contributed by atoms with Gasteiger partial charge in [0.1, 0.15) is 0 Å². The molecule has 1 unspecified atom stereocenters. The van der Waals surface area contributed by atoms with E-state index < -0.39 is 0 Å². The van der Waals surface area contributed by atoms with E-state index in [0.717, 1.165) is 38.2 Å². The lowest BCUT2D eigenvalue weighted by Crippen LogP contribution is -2.41. The number of urea groups is 1. The highest BCUT2D eigenvalue weighted by molar-refractivity contribution is 7.98. The Morgan fingerprint density at radius 3 is 2.68 bits per heavy atom. The van der Waals surface area contributed by atoms with Crippen molar-refractivity contribution in [3.05, 3.63) is 42.0 Å². The smallest absolute Gasteiger partial charge is 0.317 e. The largest absolute Gasteiger partial charge is 0.334 e. The summed E-state index contributed by atoms with van der Waals surface area (Å²) in [5.74, 6) is 0. The Morgan fingerprint density at radius 2 is 2.00 bits per heavy atom. The number of thioether (sulfide) groups is 1. The summed E-state index contributed by atoms with van der Waals surface area (Å²) >= 11 is 1.73. The van der Waals surface area contributed by atoms with E-state index in [1.54, 1.807) is 11.8 Å². The molecule has 1 saturated heterocycles. The SMILES string of the molecule is CSc1ccc(CNC(=O)N2CCC(N3CC=CC3)C2)cc1. The summed E-state index contributed by atoms with van der Waals surface area (Å²) in [4.78, 5) is 17.9. The highest BCUT2D eigenvalue weighted by Crippen LogP contribution is 2.18. The highest BCUT2D eigenvalue weighted by Gasteiger charge is 2.30. The summed E-state index contributed by atoms with van der Waals surface area (Å²) in [6.45, 7) is 4.36. The van der Waals surface area contributed by atoms with Crippen molar-refractivity contribution in [1.82, 2.24) is 15.1 Å². The van der Waals surface area contributed by atoms with E-state index in [1.807, 2.05) is 4.90 Å². The van der Waals surface area contributed by atoms with E-state index >= 15 is 0 Å². The van der Waals surface area contributed by atoms with Crippen LogP contribution in [0.5, 0.6) is 0 Å². The second-order valence-corrected chi connectivity index (χ2v) is 6.70. The topological polar surface area (TPSA) is 35.6 Å². The number of hydrogen-bond acceptors (Lipinski definition) is 3. The van der Waals surface area contributed by atoms with Crippen molar-refractivity contribution < 1.29 is 4.79 Å². The predicted octanol–water partition coefficient (Wildman–Crippen LogP) is 2.56. The molecular formula is C17H23N3OS. The highest BCUT2D eigenvalue weighted by atomic mass is 32.2. The van der Waals surface area contributed by atoms with Crippen molar-refractivity contribution in [3.63, 3.8) is 0 Å². The fraction of sp³-hybridized carbons (Fsp3) is 0.471. The zero-order valence-electron chi connectivity index (χ0n) is 13.0. The number of nitrogens with one attached hydrogen (secondary N) is 1. The Balaban J connectivity index is 1.45. The number of rotatable bonds is 4. The third-order valence-corrected chi connectivity index (χ3v) is 5.16. The van der Waals surface area contributed by atoms with Gasteiger partial charge < -0.3 is 10.2 Å². The molecule has 1 N–H and O–H groups in total. The van der Waals surface area contributed by atoms with Gasteiger partial charge in [-0.25, -0.2) is 4.79 Å². The molecule has 2 aliphatic heterocycles. The maximum atomic E-state index is 12.3. The van der Waals surface area contributed by atoms with Crippen LogP contribution in [0.1, 0.15) is 12.0 Å². The van der Waals surface area contributed by atoms with Crippen LogP contribution in [0.4, 0.5) is 4.79 Å². The number of hydrogen-bond donors (Lipinski definition) is 1. The molecule has 3 rings (SSSR count). The van der Waals surface area contributed by atoms with Gasteiger partial charge in [0, 0.05) is 43.7 Å². The predicted molar refractivity (Wildman–Crippen MR) is 91.1 cm³/mol. The van der Waals surface area contributed by atoms with Crippen LogP contribution in [0.15, 0.2) is 41.3 Å². The quantitative estimate of drug-likeness (QED) is 0.685. The fourth-order valence-electron chi connectivity index (χ4n) is 3.05. The Labute approximate surface area is 136 Å². The molecule has 1 aromatic carbocycles.